The smallest absolute Gasteiger partial charge is 0.276 e. The summed E-state index contributed by atoms with van der Waals surface area (Å²) >= 11 is 0. The van der Waals surface area contributed by atoms with Crippen molar-refractivity contribution >= 4 is 28.2 Å². The van der Waals surface area contributed by atoms with Crippen molar-refractivity contribution in [1.29, 1.82) is 0 Å². The number of amides is 1. The van der Waals surface area contributed by atoms with Crippen LogP contribution in [0.15, 0.2) is 36.5 Å². The van der Waals surface area contributed by atoms with E-state index >= 15 is 0 Å². The van der Waals surface area contributed by atoms with Crippen LogP contribution in [0.3, 0.4) is 0 Å². The second-order valence-electron chi connectivity index (χ2n) is 7.02. The molecule has 0 spiro atoms. The van der Waals surface area contributed by atoms with Crippen LogP contribution in [0.5, 0.6) is 5.88 Å². The Kier molecular flexibility index (Phi) is 4.66. The van der Waals surface area contributed by atoms with Gasteiger partial charge in [0.15, 0.2) is 5.69 Å². The SMILES string of the molecule is Cn1nc(OCC2CCCC2)c2ccc(NC(=O)c3ncccc3N)cc21. The summed E-state index contributed by atoms with van der Waals surface area (Å²) in [5.74, 6) is 0.933. The zero-order chi connectivity index (χ0) is 18.8. The fourth-order valence-electron chi connectivity index (χ4n) is 3.58. The van der Waals surface area contributed by atoms with E-state index in [4.69, 9.17) is 10.5 Å². The number of anilines is 2. The molecule has 7 heteroatoms. The third-order valence-electron chi connectivity index (χ3n) is 5.06. The fraction of sp³-hybridized carbons (Fsp3) is 0.350. The number of nitrogens with one attached hydrogen (secondary N) is 1. The number of nitrogens with two attached hydrogens (primary N) is 1. The minimum Gasteiger partial charge on any atom is -0.476 e. The Balaban J connectivity index is 1.53. The van der Waals surface area contributed by atoms with Gasteiger partial charge in [-0.2, -0.15) is 0 Å². The lowest BCUT2D eigenvalue weighted by Crippen LogP contribution is -2.15. The summed E-state index contributed by atoms with van der Waals surface area (Å²) in [6.07, 6.45) is 6.60. The Labute approximate surface area is 157 Å². The molecule has 1 saturated carbocycles. The maximum absolute atomic E-state index is 12.4. The topological polar surface area (TPSA) is 95.1 Å². The highest BCUT2D eigenvalue weighted by molar-refractivity contribution is 6.06. The van der Waals surface area contributed by atoms with Crippen molar-refractivity contribution in [2.45, 2.75) is 25.7 Å². The monoisotopic (exact) mass is 365 g/mol. The first-order chi connectivity index (χ1) is 13.1. The number of hydrogen-bond acceptors (Lipinski definition) is 5. The van der Waals surface area contributed by atoms with E-state index in [2.05, 4.69) is 15.4 Å². The first kappa shape index (κ1) is 17.3. The van der Waals surface area contributed by atoms with E-state index in [1.807, 2.05) is 25.2 Å². The number of ether oxygens (including phenoxy) is 1. The molecule has 27 heavy (non-hydrogen) atoms. The Hall–Kier alpha value is -3.09. The van der Waals surface area contributed by atoms with E-state index in [-0.39, 0.29) is 11.6 Å². The van der Waals surface area contributed by atoms with Gasteiger partial charge < -0.3 is 15.8 Å². The zero-order valence-electron chi connectivity index (χ0n) is 15.3. The molecule has 2 heterocycles. The van der Waals surface area contributed by atoms with Crippen LogP contribution in [0.4, 0.5) is 11.4 Å². The molecule has 1 aliphatic rings. The number of rotatable bonds is 5. The third-order valence-corrected chi connectivity index (χ3v) is 5.06. The van der Waals surface area contributed by atoms with Gasteiger partial charge in [0.1, 0.15) is 0 Å². The van der Waals surface area contributed by atoms with Gasteiger partial charge in [0, 0.05) is 18.9 Å². The Morgan fingerprint density at radius 3 is 2.93 bits per heavy atom. The molecule has 0 saturated heterocycles. The molecule has 3 aromatic rings. The van der Waals surface area contributed by atoms with Crippen molar-refractivity contribution in [2.24, 2.45) is 13.0 Å². The van der Waals surface area contributed by atoms with Gasteiger partial charge in [-0.15, -0.1) is 5.10 Å². The van der Waals surface area contributed by atoms with Crippen LogP contribution in [0, 0.1) is 5.92 Å². The van der Waals surface area contributed by atoms with Gasteiger partial charge in [-0.25, -0.2) is 4.98 Å². The zero-order valence-corrected chi connectivity index (χ0v) is 15.3. The van der Waals surface area contributed by atoms with Crippen molar-refractivity contribution in [3.63, 3.8) is 0 Å². The molecule has 3 N–H and O–H groups in total. The molecule has 0 bridgehead atoms. The molecule has 4 rings (SSSR count). The molecule has 1 aliphatic carbocycles. The molecule has 1 amide bonds. The van der Waals surface area contributed by atoms with E-state index in [9.17, 15) is 4.79 Å². The number of fused-ring (bicyclic) bond motifs is 1. The number of hydrogen-bond donors (Lipinski definition) is 2. The van der Waals surface area contributed by atoms with Gasteiger partial charge in [0.25, 0.3) is 5.91 Å². The molecule has 0 radical (unpaired) electrons. The standard InChI is InChI=1S/C20H23N5O2/c1-25-17-11-14(23-19(26)18-16(21)7-4-10-22-18)8-9-15(17)20(24-25)27-12-13-5-2-3-6-13/h4,7-11,13H,2-3,5-6,12,21H2,1H3,(H,23,26). The van der Waals surface area contributed by atoms with Crippen LogP contribution in [-0.2, 0) is 7.05 Å². The van der Waals surface area contributed by atoms with Gasteiger partial charge in [0.2, 0.25) is 5.88 Å². The van der Waals surface area contributed by atoms with Crippen molar-refractivity contribution in [3.8, 4) is 5.88 Å². The summed E-state index contributed by atoms with van der Waals surface area (Å²) in [5.41, 5.74) is 7.93. The molecule has 7 nitrogen and oxygen atoms in total. The summed E-state index contributed by atoms with van der Waals surface area (Å²) < 4.78 is 7.75. The molecule has 1 aromatic carbocycles. The van der Waals surface area contributed by atoms with Crippen LogP contribution < -0.4 is 15.8 Å². The molecule has 1 fully saturated rings. The second-order valence-corrected chi connectivity index (χ2v) is 7.02. The number of carbonyl (C=O) groups is 1. The number of nitrogens with zero attached hydrogens (tertiary/aromatic N) is 3. The van der Waals surface area contributed by atoms with Gasteiger partial charge in [-0.05, 0) is 49.1 Å². The summed E-state index contributed by atoms with van der Waals surface area (Å²) in [7, 11) is 1.87. The maximum Gasteiger partial charge on any atom is 0.276 e. The fourth-order valence-corrected chi connectivity index (χ4v) is 3.58. The highest BCUT2D eigenvalue weighted by Gasteiger charge is 2.18. The number of aromatic nitrogens is 3. The highest BCUT2D eigenvalue weighted by Crippen LogP contribution is 2.30. The molecule has 2 aromatic heterocycles. The second kappa shape index (κ2) is 7.26. The average molecular weight is 365 g/mol. The van der Waals surface area contributed by atoms with Crippen LogP contribution in [0.1, 0.15) is 36.2 Å². The van der Waals surface area contributed by atoms with E-state index < -0.39 is 0 Å². The van der Waals surface area contributed by atoms with Crippen LogP contribution >= 0.6 is 0 Å². The Bertz CT molecular complexity index is 976. The highest BCUT2D eigenvalue weighted by atomic mass is 16.5. The minimum absolute atomic E-state index is 0.211. The van der Waals surface area contributed by atoms with E-state index in [1.54, 1.807) is 23.0 Å². The molecular formula is C20H23N5O2. The summed E-state index contributed by atoms with van der Waals surface area (Å²) in [6.45, 7) is 0.712. The van der Waals surface area contributed by atoms with Gasteiger partial charge >= 0.3 is 0 Å². The minimum atomic E-state index is -0.340. The summed E-state index contributed by atoms with van der Waals surface area (Å²) in [5, 5.41) is 8.27. The van der Waals surface area contributed by atoms with Crippen molar-refractivity contribution in [3.05, 3.63) is 42.2 Å². The third kappa shape index (κ3) is 3.58. The predicted molar refractivity (Wildman–Crippen MR) is 105 cm³/mol. The number of carbonyl (C=O) groups excluding carboxylic acids is 1. The maximum atomic E-state index is 12.4. The van der Waals surface area contributed by atoms with Crippen molar-refractivity contribution < 1.29 is 9.53 Å². The lowest BCUT2D eigenvalue weighted by atomic mass is 10.1. The van der Waals surface area contributed by atoms with Crippen LogP contribution in [0.25, 0.3) is 10.9 Å². The number of benzene rings is 1. The first-order valence-corrected chi connectivity index (χ1v) is 9.23. The molecular weight excluding hydrogens is 342 g/mol. The van der Waals surface area contributed by atoms with Crippen molar-refractivity contribution in [2.75, 3.05) is 17.7 Å². The van der Waals surface area contributed by atoms with E-state index in [0.717, 1.165) is 10.9 Å². The molecule has 140 valence electrons. The van der Waals surface area contributed by atoms with Gasteiger partial charge in [-0.1, -0.05) is 12.8 Å². The van der Waals surface area contributed by atoms with Crippen LogP contribution in [0.2, 0.25) is 0 Å². The quantitative estimate of drug-likeness (QED) is 0.723. The lowest BCUT2D eigenvalue weighted by molar-refractivity contribution is 0.102. The number of pyridine rings is 1. The molecule has 0 unspecified atom stereocenters. The predicted octanol–water partition coefficient (Wildman–Crippen LogP) is 3.37. The number of nitrogen functional groups attached to an aromatic ring is 1. The molecule has 0 atom stereocenters. The Morgan fingerprint density at radius 1 is 1.33 bits per heavy atom. The van der Waals surface area contributed by atoms with E-state index in [1.165, 1.54) is 25.7 Å². The largest absolute Gasteiger partial charge is 0.476 e. The summed E-state index contributed by atoms with van der Waals surface area (Å²) in [6, 6.07) is 8.98. The lowest BCUT2D eigenvalue weighted by Gasteiger charge is -2.09. The normalized spacial score (nSPS) is 14.6. The van der Waals surface area contributed by atoms with Crippen molar-refractivity contribution in [1.82, 2.24) is 14.8 Å². The Morgan fingerprint density at radius 2 is 2.15 bits per heavy atom. The van der Waals surface area contributed by atoms with E-state index in [0.29, 0.717) is 29.8 Å². The first-order valence-electron chi connectivity index (χ1n) is 9.23. The van der Waals surface area contributed by atoms with Crippen LogP contribution in [-0.4, -0.2) is 27.3 Å². The molecule has 0 aliphatic heterocycles. The summed E-state index contributed by atoms with van der Waals surface area (Å²) in [4.78, 5) is 16.5. The van der Waals surface area contributed by atoms with Gasteiger partial charge in [-0.3, -0.25) is 9.48 Å². The average Bonchev–Trinajstić information content (AvgIpc) is 3.28. The number of aryl methyl sites for hydroxylation is 1. The van der Waals surface area contributed by atoms with Gasteiger partial charge in [0.05, 0.1) is 23.2 Å².